The van der Waals surface area contributed by atoms with Crippen molar-refractivity contribution in [3.8, 4) is 0 Å². The van der Waals surface area contributed by atoms with Crippen molar-refractivity contribution in [3.05, 3.63) is 10.2 Å². The molecule has 0 aliphatic carbocycles. The van der Waals surface area contributed by atoms with Crippen LogP contribution in [0.4, 0.5) is 0 Å². The molecule has 3 atom stereocenters. The van der Waals surface area contributed by atoms with E-state index >= 15 is 0 Å². The second-order valence-electron chi connectivity index (χ2n) is 10.5. The summed E-state index contributed by atoms with van der Waals surface area (Å²) >= 11 is -2.40. The van der Waals surface area contributed by atoms with E-state index in [0.717, 1.165) is 51.6 Å². The van der Waals surface area contributed by atoms with Gasteiger partial charge in [0.2, 0.25) is 0 Å². The molecular weight excluding hydrogens is 491 g/mol. The second kappa shape index (κ2) is 14.0. The van der Waals surface area contributed by atoms with Crippen molar-refractivity contribution in [2.24, 2.45) is 0 Å². The number of aliphatic hydroxyl groups excluding tert-OH is 1. The van der Waals surface area contributed by atoms with Gasteiger partial charge in [-0.25, -0.2) is 0 Å². The summed E-state index contributed by atoms with van der Waals surface area (Å²) in [5.74, 6) is -0.423. The molecule has 2 saturated heterocycles. The van der Waals surface area contributed by atoms with Crippen LogP contribution in [0.25, 0.3) is 0 Å². The molecule has 2 heterocycles. The van der Waals surface area contributed by atoms with Gasteiger partial charge in [-0.2, -0.15) is 0 Å². The van der Waals surface area contributed by atoms with Crippen LogP contribution in [-0.4, -0.2) is 47.6 Å². The Morgan fingerprint density at radius 2 is 1.45 bits per heavy atom. The molecule has 0 aromatic heterocycles. The maximum atomic E-state index is 11.5. The molecule has 0 aromatic carbocycles. The predicted octanol–water partition coefficient (Wildman–Crippen LogP) is 7.93. The Kier molecular flexibility index (Phi) is 12.5. The van der Waals surface area contributed by atoms with Crippen molar-refractivity contribution in [2.45, 2.75) is 148 Å². The Morgan fingerprint density at radius 3 is 1.97 bits per heavy atom. The van der Waals surface area contributed by atoms with Crippen molar-refractivity contribution >= 4 is 18.4 Å². The van der Waals surface area contributed by atoms with E-state index in [1.165, 1.54) is 58.3 Å². The number of hydrogen-bond acceptors (Lipinski definition) is 3. The summed E-state index contributed by atoms with van der Waals surface area (Å²) in [4.78, 5) is 0. The quantitative estimate of drug-likeness (QED) is 0.213. The molecule has 1 N–H and O–H groups in total. The van der Waals surface area contributed by atoms with E-state index in [0.29, 0.717) is 0 Å². The Labute approximate surface area is 197 Å². The van der Waals surface area contributed by atoms with Crippen LogP contribution in [0.15, 0.2) is 10.2 Å². The third kappa shape index (κ3) is 8.00. The molecule has 0 amide bonds. The first kappa shape index (κ1) is 27.7. The summed E-state index contributed by atoms with van der Waals surface area (Å²) in [6.07, 6.45) is 18.1. The topological polar surface area (TPSA) is 38.7 Å². The Morgan fingerprint density at radius 1 is 0.839 bits per heavy atom. The molecule has 2 aliphatic heterocycles. The standard InChI is InChI=1S/C15H25O3.3C4H9.Sn/c1-3-5-8-14(13(16)4-2)10-11-15(18-14)9-6-7-12-17-15;3*1-3-4-2;/h2,4,13,16H,3,5-12H2,1H3;3*1,3-4H2,2H3;/t13-,14-,15?;;;;/m1..../s1. The molecule has 182 valence electrons. The van der Waals surface area contributed by atoms with Crippen LogP contribution in [0.5, 0.6) is 0 Å². The zero-order valence-electron chi connectivity index (χ0n) is 21.2. The minimum atomic E-state index is -2.40. The average Bonchev–Trinajstić information content (AvgIpc) is 3.16. The predicted molar refractivity (Wildman–Crippen MR) is 135 cm³/mol. The SMILES string of the molecule is CCCC[C@]1([C@H](O)/C=[CH]/[Sn]([CH2]CCC)([CH2]CCC)[CH2]CCC)CCC2(CCCCO2)O1. The van der Waals surface area contributed by atoms with E-state index in [-0.39, 0.29) is 0 Å². The first-order valence-corrected chi connectivity index (χ1v) is 21.4. The van der Waals surface area contributed by atoms with Crippen LogP contribution in [0, 0.1) is 0 Å². The van der Waals surface area contributed by atoms with Gasteiger partial charge in [-0.15, -0.1) is 0 Å². The van der Waals surface area contributed by atoms with E-state index in [9.17, 15) is 5.11 Å². The van der Waals surface area contributed by atoms with E-state index in [1.807, 2.05) is 0 Å². The van der Waals surface area contributed by atoms with E-state index in [1.54, 1.807) is 0 Å². The molecule has 1 unspecified atom stereocenters. The molecule has 31 heavy (non-hydrogen) atoms. The Balaban J connectivity index is 2.21. The number of hydrogen-bond donors (Lipinski definition) is 1. The second-order valence-corrected chi connectivity index (χ2v) is 23.5. The van der Waals surface area contributed by atoms with E-state index in [2.05, 4.69) is 37.9 Å². The number of aliphatic hydroxyl groups is 1. The number of ether oxygens (including phenoxy) is 2. The maximum absolute atomic E-state index is 11.5. The first-order chi connectivity index (χ1) is 15.0. The fourth-order valence-corrected chi connectivity index (χ4v) is 20.0. The third-order valence-corrected chi connectivity index (χ3v) is 22.0. The minimum absolute atomic E-state index is 0.423. The van der Waals surface area contributed by atoms with Crippen LogP contribution in [0.2, 0.25) is 13.3 Å². The van der Waals surface area contributed by atoms with Crippen LogP contribution in [0.3, 0.4) is 0 Å². The molecular formula is C27H52O3Sn. The van der Waals surface area contributed by atoms with Gasteiger partial charge >= 0.3 is 198 Å². The fraction of sp³-hybridized carbons (Fsp3) is 0.926. The molecule has 4 heteroatoms. The summed E-state index contributed by atoms with van der Waals surface area (Å²) in [7, 11) is 0. The fourth-order valence-electron chi connectivity index (χ4n) is 5.67. The summed E-state index contributed by atoms with van der Waals surface area (Å²) < 4.78 is 19.9. The van der Waals surface area contributed by atoms with Gasteiger partial charge in [0.05, 0.1) is 0 Å². The average molecular weight is 543 g/mol. The van der Waals surface area contributed by atoms with Gasteiger partial charge in [-0.1, -0.05) is 0 Å². The molecule has 2 fully saturated rings. The van der Waals surface area contributed by atoms with Gasteiger partial charge in [0, 0.05) is 0 Å². The Bertz CT molecular complexity index is 493. The van der Waals surface area contributed by atoms with E-state index in [4.69, 9.17) is 9.47 Å². The van der Waals surface area contributed by atoms with Crippen molar-refractivity contribution in [3.63, 3.8) is 0 Å². The van der Waals surface area contributed by atoms with Crippen LogP contribution in [0.1, 0.15) is 118 Å². The normalized spacial score (nSPS) is 28.0. The van der Waals surface area contributed by atoms with Gasteiger partial charge in [-0.05, 0) is 0 Å². The summed E-state index contributed by atoms with van der Waals surface area (Å²) in [6.45, 7) is 10.0. The number of rotatable bonds is 15. The van der Waals surface area contributed by atoms with E-state index < -0.39 is 35.9 Å². The van der Waals surface area contributed by atoms with Crippen LogP contribution >= 0.6 is 0 Å². The van der Waals surface area contributed by atoms with Crippen molar-refractivity contribution in [2.75, 3.05) is 6.61 Å². The van der Waals surface area contributed by atoms with Crippen molar-refractivity contribution in [1.29, 1.82) is 0 Å². The van der Waals surface area contributed by atoms with Gasteiger partial charge in [0.15, 0.2) is 0 Å². The van der Waals surface area contributed by atoms with Gasteiger partial charge < -0.3 is 0 Å². The molecule has 0 radical (unpaired) electrons. The summed E-state index contributed by atoms with van der Waals surface area (Å²) in [5, 5.41) is 11.5. The molecule has 0 bridgehead atoms. The van der Waals surface area contributed by atoms with Crippen LogP contribution in [-0.2, 0) is 9.47 Å². The third-order valence-electron chi connectivity index (χ3n) is 7.84. The summed E-state index contributed by atoms with van der Waals surface area (Å²) in [5.41, 5.74) is -0.443. The van der Waals surface area contributed by atoms with Crippen molar-refractivity contribution < 1.29 is 14.6 Å². The molecule has 2 rings (SSSR count). The zero-order valence-corrected chi connectivity index (χ0v) is 24.1. The molecule has 0 saturated carbocycles. The molecule has 1 spiro atoms. The van der Waals surface area contributed by atoms with Gasteiger partial charge in [0.25, 0.3) is 0 Å². The van der Waals surface area contributed by atoms with Gasteiger partial charge in [-0.3, -0.25) is 0 Å². The molecule has 2 aliphatic rings. The van der Waals surface area contributed by atoms with Crippen molar-refractivity contribution in [1.82, 2.24) is 0 Å². The summed E-state index contributed by atoms with van der Waals surface area (Å²) in [6, 6.07) is 0. The monoisotopic (exact) mass is 544 g/mol. The zero-order chi connectivity index (χ0) is 22.6. The first-order valence-electron chi connectivity index (χ1n) is 13.7. The van der Waals surface area contributed by atoms with Gasteiger partial charge in [0.1, 0.15) is 0 Å². The molecule has 3 nitrogen and oxygen atoms in total. The Hall–Kier alpha value is 0.419. The van der Waals surface area contributed by atoms with Crippen LogP contribution < -0.4 is 0 Å². The number of unbranched alkanes of at least 4 members (excludes halogenated alkanes) is 4. The molecule has 0 aromatic rings.